The average Bonchev–Trinajstić information content (AvgIpc) is 2.16. The molecule has 0 aliphatic rings. The highest BCUT2D eigenvalue weighted by Gasteiger charge is 2.22. The Hall–Kier alpha value is -1.22. The Balaban J connectivity index is 3.71. The Labute approximate surface area is 97.2 Å². The van der Waals surface area contributed by atoms with Crippen LogP contribution in [0.5, 0.6) is 0 Å². The van der Waals surface area contributed by atoms with Gasteiger partial charge < -0.3 is 5.32 Å². The molecule has 1 N–H and O–H groups in total. The summed E-state index contributed by atoms with van der Waals surface area (Å²) in [5, 5.41) is 6.22. The summed E-state index contributed by atoms with van der Waals surface area (Å²) in [6.45, 7) is 9.49. The molecule has 0 radical (unpaired) electrons. The van der Waals surface area contributed by atoms with Gasteiger partial charge in [0.2, 0.25) is 5.91 Å². The van der Waals surface area contributed by atoms with Crippen molar-refractivity contribution in [2.45, 2.75) is 40.5 Å². The second kappa shape index (κ2) is 7.12. The molecule has 0 heterocycles. The number of hydrogen-bond acceptors (Lipinski definition) is 2. The molecule has 5 heteroatoms. The van der Waals surface area contributed by atoms with Crippen molar-refractivity contribution < 1.29 is 4.79 Å². The topological polar surface area (TPSA) is 77.9 Å². The third-order valence-electron chi connectivity index (χ3n) is 2.79. The molecule has 0 spiro atoms. The summed E-state index contributed by atoms with van der Waals surface area (Å²) in [6.07, 6.45) is 1.24. The maximum Gasteiger partial charge on any atom is 0.220 e. The number of azide groups is 1. The Morgan fingerprint density at radius 2 is 2.12 bits per heavy atom. The Kier molecular flexibility index (Phi) is 6.58. The van der Waals surface area contributed by atoms with E-state index in [2.05, 4.69) is 43.0 Å². The predicted octanol–water partition coefficient (Wildman–Crippen LogP) is 2.88. The van der Waals surface area contributed by atoms with E-state index < -0.39 is 0 Å². The van der Waals surface area contributed by atoms with E-state index in [0.717, 1.165) is 0 Å². The predicted molar refractivity (Wildman–Crippen MR) is 64.9 cm³/mol. The first kappa shape index (κ1) is 14.8. The Morgan fingerprint density at radius 3 is 2.62 bits per heavy atom. The zero-order valence-corrected chi connectivity index (χ0v) is 10.7. The Morgan fingerprint density at radius 1 is 1.50 bits per heavy atom. The van der Waals surface area contributed by atoms with Crippen molar-refractivity contribution in [1.29, 1.82) is 0 Å². The molecule has 1 atom stereocenters. The van der Waals surface area contributed by atoms with E-state index in [1.807, 2.05) is 0 Å². The molecule has 0 rings (SSSR count). The van der Waals surface area contributed by atoms with Gasteiger partial charge in [-0.3, -0.25) is 4.79 Å². The molecule has 0 aliphatic heterocycles. The number of nitrogens with zero attached hydrogens (tertiary/aromatic N) is 3. The first-order valence-electron chi connectivity index (χ1n) is 5.65. The van der Waals surface area contributed by atoms with Crippen molar-refractivity contribution in [2.75, 3.05) is 13.1 Å². The summed E-state index contributed by atoms with van der Waals surface area (Å²) in [6, 6.07) is 0. The molecule has 0 fully saturated rings. The van der Waals surface area contributed by atoms with Crippen molar-refractivity contribution in [3.8, 4) is 0 Å². The van der Waals surface area contributed by atoms with Crippen LogP contribution in [0.2, 0.25) is 0 Å². The van der Waals surface area contributed by atoms with Crippen LogP contribution in [-0.2, 0) is 4.79 Å². The minimum Gasteiger partial charge on any atom is -0.356 e. The van der Waals surface area contributed by atoms with Gasteiger partial charge in [-0.05, 0) is 23.3 Å². The lowest BCUT2D eigenvalue weighted by atomic mass is 9.80. The van der Waals surface area contributed by atoms with Gasteiger partial charge in [-0.2, -0.15) is 0 Å². The summed E-state index contributed by atoms with van der Waals surface area (Å²) in [5.74, 6) is 0.424. The average molecular weight is 226 g/mol. The third kappa shape index (κ3) is 7.12. The largest absolute Gasteiger partial charge is 0.356 e. The first-order chi connectivity index (χ1) is 7.38. The number of amides is 1. The van der Waals surface area contributed by atoms with E-state index in [1.54, 1.807) is 0 Å². The number of hydrogen-bond donors (Lipinski definition) is 1. The van der Waals surface area contributed by atoms with E-state index in [9.17, 15) is 4.79 Å². The van der Waals surface area contributed by atoms with Crippen molar-refractivity contribution in [3.05, 3.63) is 10.4 Å². The van der Waals surface area contributed by atoms with Crippen molar-refractivity contribution in [3.63, 3.8) is 0 Å². The summed E-state index contributed by atoms with van der Waals surface area (Å²) >= 11 is 0. The van der Waals surface area contributed by atoms with E-state index in [-0.39, 0.29) is 11.3 Å². The van der Waals surface area contributed by atoms with Gasteiger partial charge in [0.05, 0.1) is 0 Å². The molecule has 16 heavy (non-hydrogen) atoms. The maximum absolute atomic E-state index is 11.5. The van der Waals surface area contributed by atoms with Crippen LogP contribution in [0.1, 0.15) is 40.5 Å². The lowest BCUT2D eigenvalue weighted by Gasteiger charge is -2.26. The fourth-order valence-electron chi connectivity index (χ4n) is 1.08. The van der Waals surface area contributed by atoms with Gasteiger partial charge in [-0.25, -0.2) is 0 Å². The summed E-state index contributed by atoms with van der Waals surface area (Å²) in [7, 11) is 0. The third-order valence-corrected chi connectivity index (χ3v) is 2.79. The van der Waals surface area contributed by atoms with Crippen LogP contribution >= 0.6 is 0 Å². The van der Waals surface area contributed by atoms with Crippen LogP contribution in [0.15, 0.2) is 5.11 Å². The van der Waals surface area contributed by atoms with Gasteiger partial charge in [0.1, 0.15) is 0 Å². The zero-order valence-electron chi connectivity index (χ0n) is 10.7. The Bertz CT molecular complexity index is 264. The standard InChI is InChI=1S/C11H22N4O/c1-9(11(2,3)4)8-10(16)13-6-5-7-14-15-12/h9H,5-8H2,1-4H3,(H,13,16). The molecular weight excluding hydrogens is 204 g/mol. The smallest absolute Gasteiger partial charge is 0.220 e. The highest BCUT2D eigenvalue weighted by molar-refractivity contribution is 5.76. The van der Waals surface area contributed by atoms with Crippen LogP contribution in [0, 0.1) is 11.3 Å². The fraction of sp³-hybridized carbons (Fsp3) is 0.909. The number of rotatable bonds is 6. The fourth-order valence-corrected chi connectivity index (χ4v) is 1.08. The number of carbonyl (C=O) groups is 1. The van der Waals surface area contributed by atoms with Gasteiger partial charge in [0, 0.05) is 24.4 Å². The van der Waals surface area contributed by atoms with Crippen LogP contribution in [-0.4, -0.2) is 19.0 Å². The van der Waals surface area contributed by atoms with E-state index in [1.165, 1.54) is 0 Å². The highest BCUT2D eigenvalue weighted by Crippen LogP contribution is 2.27. The molecule has 0 aromatic carbocycles. The number of carbonyl (C=O) groups excluding carboxylic acids is 1. The quantitative estimate of drug-likeness (QED) is 0.321. The molecule has 0 aromatic heterocycles. The zero-order chi connectivity index (χ0) is 12.6. The van der Waals surface area contributed by atoms with Gasteiger partial charge >= 0.3 is 0 Å². The summed E-state index contributed by atoms with van der Waals surface area (Å²) in [5.41, 5.74) is 8.21. The normalized spacial score (nSPS) is 12.8. The van der Waals surface area contributed by atoms with E-state index in [0.29, 0.717) is 31.8 Å². The highest BCUT2D eigenvalue weighted by atomic mass is 16.1. The van der Waals surface area contributed by atoms with Crippen molar-refractivity contribution >= 4 is 5.91 Å². The van der Waals surface area contributed by atoms with Crippen LogP contribution in [0.25, 0.3) is 10.4 Å². The van der Waals surface area contributed by atoms with Crippen LogP contribution in [0.4, 0.5) is 0 Å². The second-order valence-corrected chi connectivity index (χ2v) is 5.13. The molecule has 1 unspecified atom stereocenters. The molecule has 5 nitrogen and oxygen atoms in total. The summed E-state index contributed by atoms with van der Waals surface area (Å²) < 4.78 is 0. The van der Waals surface area contributed by atoms with E-state index >= 15 is 0 Å². The molecule has 0 aliphatic carbocycles. The molecule has 0 saturated carbocycles. The van der Waals surface area contributed by atoms with Gasteiger partial charge in [-0.15, -0.1) is 0 Å². The number of nitrogens with one attached hydrogen (secondary N) is 1. The second-order valence-electron chi connectivity index (χ2n) is 5.13. The molecule has 0 saturated heterocycles. The SMILES string of the molecule is CC(CC(=O)NCCCN=[N+]=[N-])C(C)(C)C. The molecule has 1 amide bonds. The molecular formula is C11H22N4O. The van der Waals surface area contributed by atoms with Crippen molar-refractivity contribution in [1.82, 2.24) is 5.32 Å². The van der Waals surface area contributed by atoms with Crippen LogP contribution in [0.3, 0.4) is 0 Å². The lowest BCUT2D eigenvalue weighted by Crippen LogP contribution is -2.30. The summed E-state index contributed by atoms with van der Waals surface area (Å²) in [4.78, 5) is 14.2. The lowest BCUT2D eigenvalue weighted by molar-refractivity contribution is -0.122. The van der Waals surface area contributed by atoms with Gasteiger partial charge in [-0.1, -0.05) is 32.8 Å². The van der Waals surface area contributed by atoms with Crippen LogP contribution < -0.4 is 5.32 Å². The first-order valence-corrected chi connectivity index (χ1v) is 5.65. The van der Waals surface area contributed by atoms with E-state index in [4.69, 9.17) is 5.53 Å². The monoisotopic (exact) mass is 226 g/mol. The maximum atomic E-state index is 11.5. The van der Waals surface area contributed by atoms with Crippen molar-refractivity contribution in [2.24, 2.45) is 16.4 Å². The molecule has 0 aromatic rings. The van der Waals surface area contributed by atoms with Gasteiger partial charge in [0.25, 0.3) is 0 Å². The molecule has 0 bridgehead atoms. The molecule has 92 valence electrons. The van der Waals surface area contributed by atoms with Gasteiger partial charge in [0.15, 0.2) is 0 Å². The minimum atomic E-state index is 0.0726. The minimum absolute atomic E-state index is 0.0726.